The quantitative estimate of drug-likeness (QED) is 0.867. The van der Waals surface area contributed by atoms with E-state index < -0.39 is 15.6 Å². The zero-order valence-electron chi connectivity index (χ0n) is 15.4. The largest absolute Gasteiger partial charge is 0.444 e. The Morgan fingerprint density at radius 3 is 2.64 bits per heavy atom. The van der Waals surface area contributed by atoms with Crippen LogP contribution in [-0.4, -0.2) is 44.1 Å². The molecule has 7 heteroatoms. The minimum atomic E-state index is -3.46. The number of hydrogen-bond donors (Lipinski definition) is 1. The Morgan fingerprint density at radius 2 is 2.00 bits per heavy atom. The van der Waals surface area contributed by atoms with E-state index in [1.54, 1.807) is 4.90 Å². The fourth-order valence-corrected chi connectivity index (χ4v) is 4.14. The van der Waals surface area contributed by atoms with Crippen LogP contribution in [0.1, 0.15) is 44.7 Å². The van der Waals surface area contributed by atoms with Crippen LogP contribution in [0.2, 0.25) is 0 Å². The average Bonchev–Trinajstić information content (AvgIpc) is 2.94. The predicted molar refractivity (Wildman–Crippen MR) is 97.8 cm³/mol. The zero-order valence-corrected chi connectivity index (χ0v) is 16.2. The number of sulfonamides is 1. The number of ether oxygens (including phenoxy) is 1. The first-order chi connectivity index (χ1) is 11.6. The Labute approximate surface area is 150 Å². The molecule has 0 radical (unpaired) electrons. The smallest absolute Gasteiger partial charge is 0.410 e. The molecular formula is C18H28N2O4S. The standard InChI is InChI=1S/C18H28N2O4S/c1-14-8-5-6-9-15(14)13-25(22,23)19-12-16-10-7-11-20(16)17(21)24-18(2,3)4/h5-6,8-9,16,19H,7,10-13H2,1-4H3/t16-/m0/s1. The lowest BCUT2D eigenvalue weighted by Gasteiger charge is -2.28. The molecule has 1 aromatic rings. The van der Waals surface area contributed by atoms with E-state index in [9.17, 15) is 13.2 Å². The number of carbonyl (C=O) groups excluding carboxylic acids is 1. The fourth-order valence-electron chi connectivity index (χ4n) is 2.86. The summed E-state index contributed by atoms with van der Waals surface area (Å²) >= 11 is 0. The third-order valence-electron chi connectivity index (χ3n) is 4.15. The molecule has 6 nitrogen and oxygen atoms in total. The topological polar surface area (TPSA) is 75.7 Å². The molecule has 1 atom stereocenters. The van der Waals surface area contributed by atoms with Crippen LogP contribution in [0.3, 0.4) is 0 Å². The molecule has 0 spiro atoms. The van der Waals surface area contributed by atoms with Gasteiger partial charge in [-0.15, -0.1) is 0 Å². The highest BCUT2D eigenvalue weighted by Gasteiger charge is 2.32. The maximum absolute atomic E-state index is 12.4. The summed E-state index contributed by atoms with van der Waals surface area (Å²) in [5, 5.41) is 0. The van der Waals surface area contributed by atoms with Crippen molar-refractivity contribution in [3.63, 3.8) is 0 Å². The molecule has 0 aliphatic carbocycles. The van der Waals surface area contributed by atoms with E-state index in [4.69, 9.17) is 4.74 Å². The Balaban J connectivity index is 1.95. The molecule has 25 heavy (non-hydrogen) atoms. The average molecular weight is 368 g/mol. The van der Waals surface area contributed by atoms with Gasteiger partial charge in [0.2, 0.25) is 10.0 Å². The van der Waals surface area contributed by atoms with Gasteiger partial charge >= 0.3 is 6.09 Å². The molecule has 1 heterocycles. The minimum Gasteiger partial charge on any atom is -0.444 e. The highest BCUT2D eigenvalue weighted by molar-refractivity contribution is 7.88. The van der Waals surface area contributed by atoms with Crippen molar-refractivity contribution in [3.8, 4) is 0 Å². The van der Waals surface area contributed by atoms with Crippen LogP contribution >= 0.6 is 0 Å². The molecule has 0 unspecified atom stereocenters. The normalized spacial score (nSPS) is 18.4. The summed E-state index contributed by atoms with van der Waals surface area (Å²) in [7, 11) is -3.46. The Hall–Kier alpha value is -1.60. The highest BCUT2D eigenvalue weighted by atomic mass is 32.2. The van der Waals surface area contributed by atoms with E-state index in [1.165, 1.54) is 0 Å². The van der Waals surface area contributed by atoms with Gasteiger partial charge in [-0.1, -0.05) is 24.3 Å². The molecular weight excluding hydrogens is 340 g/mol. The number of hydrogen-bond acceptors (Lipinski definition) is 4. The van der Waals surface area contributed by atoms with Gasteiger partial charge in [0.1, 0.15) is 5.60 Å². The monoisotopic (exact) mass is 368 g/mol. The SMILES string of the molecule is Cc1ccccc1CS(=O)(=O)NC[C@@H]1CCCN1C(=O)OC(C)(C)C. The molecule has 0 saturated carbocycles. The molecule has 1 saturated heterocycles. The summed E-state index contributed by atoms with van der Waals surface area (Å²) in [5.74, 6) is -0.0567. The number of nitrogens with one attached hydrogen (secondary N) is 1. The molecule has 140 valence electrons. The molecule has 0 bridgehead atoms. The van der Waals surface area contributed by atoms with Crippen LogP contribution in [-0.2, 0) is 20.5 Å². The predicted octanol–water partition coefficient (Wildman–Crippen LogP) is 2.81. The van der Waals surface area contributed by atoms with Gasteiger partial charge in [0.25, 0.3) is 0 Å². The summed E-state index contributed by atoms with van der Waals surface area (Å²) in [6, 6.07) is 7.26. The third-order valence-corrected chi connectivity index (χ3v) is 5.45. The summed E-state index contributed by atoms with van der Waals surface area (Å²) in [6.07, 6.45) is 1.24. The van der Waals surface area contributed by atoms with Crippen LogP contribution < -0.4 is 4.72 Å². The first-order valence-corrected chi connectivity index (χ1v) is 10.2. The molecule has 2 rings (SSSR count). The van der Waals surface area contributed by atoms with Crippen molar-refractivity contribution in [2.75, 3.05) is 13.1 Å². The highest BCUT2D eigenvalue weighted by Crippen LogP contribution is 2.21. The number of benzene rings is 1. The van der Waals surface area contributed by atoms with E-state index >= 15 is 0 Å². The summed E-state index contributed by atoms with van der Waals surface area (Å²) < 4.78 is 32.8. The van der Waals surface area contributed by atoms with E-state index in [0.717, 1.165) is 24.0 Å². The lowest BCUT2D eigenvalue weighted by atomic mass is 10.1. The molecule has 1 aromatic carbocycles. The molecule has 1 aliphatic heterocycles. The molecule has 1 N–H and O–H groups in total. The Kier molecular flexibility index (Phi) is 6.11. The second-order valence-corrected chi connectivity index (χ2v) is 9.31. The van der Waals surface area contributed by atoms with Gasteiger partial charge in [-0.2, -0.15) is 0 Å². The molecule has 1 amide bonds. The van der Waals surface area contributed by atoms with Crippen molar-refractivity contribution in [2.45, 2.75) is 57.9 Å². The van der Waals surface area contributed by atoms with E-state index in [-0.39, 0.29) is 24.4 Å². The fraction of sp³-hybridized carbons (Fsp3) is 0.611. The number of likely N-dealkylation sites (tertiary alicyclic amines) is 1. The Morgan fingerprint density at radius 1 is 1.32 bits per heavy atom. The van der Waals surface area contributed by atoms with Crippen molar-refractivity contribution in [1.29, 1.82) is 0 Å². The van der Waals surface area contributed by atoms with Crippen molar-refractivity contribution in [3.05, 3.63) is 35.4 Å². The van der Waals surface area contributed by atoms with Gasteiger partial charge in [-0.25, -0.2) is 17.9 Å². The molecule has 1 aliphatic rings. The second kappa shape index (κ2) is 7.74. The first-order valence-electron chi connectivity index (χ1n) is 8.59. The maximum atomic E-state index is 12.4. The van der Waals surface area contributed by atoms with Crippen molar-refractivity contribution in [2.24, 2.45) is 0 Å². The number of carbonyl (C=O) groups is 1. The maximum Gasteiger partial charge on any atom is 0.410 e. The van der Waals surface area contributed by atoms with E-state index in [2.05, 4.69) is 4.72 Å². The van der Waals surface area contributed by atoms with Gasteiger partial charge in [0.15, 0.2) is 0 Å². The van der Waals surface area contributed by atoms with Crippen LogP contribution in [0.4, 0.5) is 4.79 Å². The van der Waals surface area contributed by atoms with Gasteiger partial charge < -0.3 is 9.64 Å². The zero-order chi connectivity index (χ0) is 18.7. The van der Waals surface area contributed by atoms with Crippen LogP contribution in [0.5, 0.6) is 0 Å². The Bertz CT molecular complexity index is 710. The first kappa shape index (κ1) is 19.7. The van der Waals surface area contributed by atoms with Crippen molar-refractivity contribution in [1.82, 2.24) is 9.62 Å². The van der Waals surface area contributed by atoms with Gasteiger partial charge in [0.05, 0.1) is 5.75 Å². The lowest BCUT2D eigenvalue weighted by molar-refractivity contribution is 0.0229. The van der Waals surface area contributed by atoms with E-state index in [0.29, 0.717) is 6.54 Å². The number of nitrogens with zero attached hydrogens (tertiary/aromatic N) is 1. The van der Waals surface area contributed by atoms with Crippen molar-refractivity contribution >= 4 is 16.1 Å². The number of rotatable bonds is 5. The number of aryl methyl sites for hydroxylation is 1. The van der Waals surface area contributed by atoms with Crippen LogP contribution in [0, 0.1) is 6.92 Å². The summed E-state index contributed by atoms with van der Waals surface area (Å²) in [4.78, 5) is 13.9. The van der Waals surface area contributed by atoms with Gasteiger partial charge in [0, 0.05) is 19.1 Å². The van der Waals surface area contributed by atoms with Gasteiger partial charge in [-0.05, 0) is 51.7 Å². The third kappa shape index (κ3) is 6.01. The van der Waals surface area contributed by atoms with Crippen molar-refractivity contribution < 1.29 is 17.9 Å². The molecule has 0 aromatic heterocycles. The lowest BCUT2D eigenvalue weighted by Crippen LogP contribution is -2.45. The summed E-state index contributed by atoms with van der Waals surface area (Å²) in [5.41, 5.74) is 1.17. The van der Waals surface area contributed by atoms with E-state index in [1.807, 2.05) is 52.0 Å². The molecule has 1 fully saturated rings. The summed E-state index contributed by atoms with van der Waals surface area (Å²) in [6.45, 7) is 8.17. The minimum absolute atomic E-state index is 0.0567. The van der Waals surface area contributed by atoms with Gasteiger partial charge in [-0.3, -0.25) is 0 Å². The van der Waals surface area contributed by atoms with Crippen LogP contribution in [0.15, 0.2) is 24.3 Å². The van der Waals surface area contributed by atoms with Crippen LogP contribution in [0.25, 0.3) is 0 Å². The number of amides is 1. The second-order valence-electron chi connectivity index (χ2n) is 7.50.